The van der Waals surface area contributed by atoms with Crippen LogP contribution in [0.25, 0.3) is 0 Å². The van der Waals surface area contributed by atoms with E-state index in [1.165, 1.54) is 12.8 Å². The first kappa shape index (κ1) is 17.8. The van der Waals surface area contributed by atoms with Crippen molar-refractivity contribution in [3.8, 4) is 5.75 Å². The third kappa shape index (κ3) is 5.56. The summed E-state index contributed by atoms with van der Waals surface area (Å²) in [5.74, 6) is 1.14. The van der Waals surface area contributed by atoms with Crippen LogP contribution in [0, 0.1) is 5.92 Å². The van der Waals surface area contributed by atoms with Gasteiger partial charge >= 0.3 is 0 Å². The van der Waals surface area contributed by atoms with E-state index >= 15 is 0 Å². The van der Waals surface area contributed by atoms with Gasteiger partial charge in [-0.2, -0.15) is 0 Å². The molecule has 0 aliphatic heterocycles. The van der Waals surface area contributed by atoms with Crippen LogP contribution in [-0.2, 0) is 4.79 Å². The highest BCUT2D eigenvalue weighted by atomic mass is 35.5. The lowest BCUT2D eigenvalue weighted by Crippen LogP contribution is -2.35. The van der Waals surface area contributed by atoms with Gasteiger partial charge in [-0.1, -0.05) is 18.9 Å². The molecule has 1 saturated carbocycles. The second kappa shape index (κ2) is 8.90. The maximum absolute atomic E-state index is 12.1. The van der Waals surface area contributed by atoms with Gasteiger partial charge in [-0.25, -0.2) is 0 Å². The fraction of sp³-hybridized carbons (Fsp3) is 0.562. The van der Waals surface area contributed by atoms with Gasteiger partial charge in [0, 0.05) is 24.2 Å². The highest BCUT2D eigenvalue weighted by molar-refractivity contribution is 5.91. The number of hydrogen-bond acceptors (Lipinski definition) is 3. The zero-order valence-corrected chi connectivity index (χ0v) is 13.3. The van der Waals surface area contributed by atoms with Gasteiger partial charge in [-0.3, -0.25) is 4.79 Å². The number of anilines is 1. The Morgan fingerprint density at radius 2 is 2.14 bits per heavy atom. The van der Waals surface area contributed by atoms with Gasteiger partial charge in [-0.05, 0) is 37.8 Å². The first-order chi connectivity index (χ1) is 9.69. The molecule has 0 heterocycles. The van der Waals surface area contributed by atoms with E-state index < -0.39 is 0 Å². The molecule has 21 heavy (non-hydrogen) atoms. The number of nitrogens with two attached hydrogens (primary N) is 1. The molecule has 1 amide bonds. The Bertz CT molecular complexity index is 454. The molecular weight excluding hydrogens is 288 g/mol. The molecule has 5 heteroatoms. The Morgan fingerprint density at radius 3 is 2.86 bits per heavy atom. The third-order valence-corrected chi connectivity index (χ3v) is 3.84. The first-order valence-electron chi connectivity index (χ1n) is 7.47. The van der Waals surface area contributed by atoms with Crippen molar-refractivity contribution in [2.45, 2.75) is 45.1 Å². The van der Waals surface area contributed by atoms with E-state index in [0.29, 0.717) is 18.9 Å². The van der Waals surface area contributed by atoms with Crippen molar-refractivity contribution in [1.29, 1.82) is 0 Å². The zero-order valence-electron chi connectivity index (χ0n) is 12.5. The number of rotatable bonds is 5. The average Bonchev–Trinajstić information content (AvgIpc) is 2.42. The Hall–Kier alpha value is -1.26. The second-order valence-corrected chi connectivity index (χ2v) is 5.42. The summed E-state index contributed by atoms with van der Waals surface area (Å²) in [5, 5.41) is 2.93. The molecule has 4 nitrogen and oxygen atoms in total. The molecule has 0 radical (unpaired) electrons. The van der Waals surface area contributed by atoms with Gasteiger partial charge in [0.25, 0.3) is 0 Å². The minimum Gasteiger partial charge on any atom is -0.494 e. The van der Waals surface area contributed by atoms with Crippen LogP contribution in [0.1, 0.15) is 39.0 Å². The Balaban J connectivity index is 0.00000220. The number of carbonyl (C=O) groups is 1. The van der Waals surface area contributed by atoms with Crippen LogP contribution in [0.15, 0.2) is 24.3 Å². The number of hydrogen-bond donors (Lipinski definition) is 2. The highest BCUT2D eigenvalue weighted by Gasteiger charge is 2.24. The lowest BCUT2D eigenvalue weighted by Gasteiger charge is -2.27. The van der Waals surface area contributed by atoms with Crippen molar-refractivity contribution < 1.29 is 9.53 Å². The maximum atomic E-state index is 12.1. The van der Waals surface area contributed by atoms with Gasteiger partial charge in [0.15, 0.2) is 0 Å². The summed E-state index contributed by atoms with van der Waals surface area (Å²) in [6.07, 6.45) is 4.99. The largest absolute Gasteiger partial charge is 0.494 e. The monoisotopic (exact) mass is 312 g/mol. The van der Waals surface area contributed by atoms with Crippen LogP contribution < -0.4 is 15.8 Å². The molecule has 2 unspecified atom stereocenters. The molecule has 1 fully saturated rings. The third-order valence-electron chi connectivity index (χ3n) is 3.84. The number of ether oxygens (including phenoxy) is 1. The number of halogens is 1. The molecule has 1 aliphatic carbocycles. The molecule has 2 rings (SSSR count). The molecule has 118 valence electrons. The number of carbonyl (C=O) groups excluding carboxylic acids is 1. The topological polar surface area (TPSA) is 64.3 Å². The Morgan fingerprint density at radius 1 is 1.38 bits per heavy atom. The quantitative estimate of drug-likeness (QED) is 0.876. The standard InChI is InChI=1S/C16H24N2O2.ClH/c1-2-20-14-8-5-7-13(11-14)18-16(19)10-12-6-3-4-9-15(12)17;/h5,7-8,11-12,15H,2-4,6,9-10,17H2,1H3,(H,18,19);1H. The molecule has 3 N–H and O–H groups in total. The van der Waals surface area contributed by atoms with Crippen molar-refractivity contribution in [1.82, 2.24) is 0 Å². The van der Waals surface area contributed by atoms with E-state index in [4.69, 9.17) is 10.5 Å². The van der Waals surface area contributed by atoms with E-state index in [0.717, 1.165) is 24.3 Å². The summed E-state index contributed by atoms with van der Waals surface area (Å²) in [6, 6.07) is 7.66. The van der Waals surface area contributed by atoms with Gasteiger partial charge in [0.05, 0.1) is 6.61 Å². The maximum Gasteiger partial charge on any atom is 0.224 e. The summed E-state index contributed by atoms with van der Waals surface area (Å²) in [5.41, 5.74) is 6.87. The predicted molar refractivity (Wildman–Crippen MR) is 88.0 cm³/mol. The van der Waals surface area contributed by atoms with Crippen molar-refractivity contribution in [2.24, 2.45) is 11.7 Å². The van der Waals surface area contributed by atoms with Crippen molar-refractivity contribution in [3.63, 3.8) is 0 Å². The summed E-state index contributed by atoms with van der Waals surface area (Å²) >= 11 is 0. The van der Waals surface area contributed by atoms with Crippen LogP contribution >= 0.6 is 12.4 Å². The lowest BCUT2D eigenvalue weighted by atomic mass is 9.83. The van der Waals surface area contributed by atoms with Gasteiger partial charge in [0.2, 0.25) is 5.91 Å². The predicted octanol–water partition coefficient (Wildman–Crippen LogP) is 3.35. The van der Waals surface area contributed by atoms with Crippen molar-refractivity contribution in [2.75, 3.05) is 11.9 Å². The van der Waals surface area contributed by atoms with Crippen LogP contribution in [0.5, 0.6) is 5.75 Å². The summed E-state index contributed by atoms with van der Waals surface area (Å²) in [7, 11) is 0. The Kier molecular flexibility index (Phi) is 7.54. The first-order valence-corrected chi connectivity index (χ1v) is 7.47. The van der Waals surface area contributed by atoms with Gasteiger partial charge < -0.3 is 15.8 Å². The summed E-state index contributed by atoms with van der Waals surface area (Å²) in [4.78, 5) is 12.1. The SMILES string of the molecule is CCOc1cccc(NC(=O)CC2CCCCC2N)c1.Cl. The molecule has 1 aromatic carbocycles. The van der Waals surface area contributed by atoms with Crippen LogP contribution in [0.4, 0.5) is 5.69 Å². The molecule has 1 aliphatic rings. The average molecular weight is 313 g/mol. The molecule has 1 aromatic rings. The van der Waals surface area contributed by atoms with Crippen molar-refractivity contribution >= 4 is 24.0 Å². The fourth-order valence-electron chi connectivity index (χ4n) is 2.77. The van der Waals surface area contributed by atoms with Gasteiger partial charge in [-0.15, -0.1) is 12.4 Å². The van der Waals surface area contributed by atoms with Crippen LogP contribution in [0.3, 0.4) is 0 Å². The van der Waals surface area contributed by atoms with E-state index in [1.54, 1.807) is 0 Å². The van der Waals surface area contributed by atoms with Crippen LogP contribution in [-0.4, -0.2) is 18.6 Å². The van der Waals surface area contributed by atoms with Crippen molar-refractivity contribution in [3.05, 3.63) is 24.3 Å². The van der Waals surface area contributed by atoms with Gasteiger partial charge in [0.1, 0.15) is 5.75 Å². The minimum absolute atomic E-state index is 0. The molecule has 0 aromatic heterocycles. The zero-order chi connectivity index (χ0) is 14.4. The molecule has 0 spiro atoms. The molecule has 2 atom stereocenters. The highest BCUT2D eigenvalue weighted by Crippen LogP contribution is 2.26. The summed E-state index contributed by atoms with van der Waals surface area (Å²) in [6.45, 7) is 2.56. The molecular formula is C16H25ClN2O2. The van der Waals surface area contributed by atoms with E-state index in [9.17, 15) is 4.79 Å². The normalized spacial score (nSPS) is 21.2. The second-order valence-electron chi connectivity index (χ2n) is 5.42. The van der Waals surface area contributed by atoms with E-state index in [2.05, 4.69) is 5.32 Å². The Labute approximate surface area is 132 Å². The number of amides is 1. The number of nitrogens with one attached hydrogen (secondary N) is 1. The smallest absolute Gasteiger partial charge is 0.224 e. The lowest BCUT2D eigenvalue weighted by molar-refractivity contribution is -0.117. The van der Waals surface area contributed by atoms with Crippen LogP contribution in [0.2, 0.25) is 0 Å². The molecule has 0 saturated heterocycles. The minimum atomic E-state index is 0. The summed E-state index contributed by atoms with van der Waals surface area (Å²) < 4.78 is 5.42. The van der Waals surface area contributed by atoms with E-state index in [1.807, 2.05) is 31.2 Å². The van der Waals surface area contributed by atoms with E-state index in [-0.39, 0.29) is 24.4 Å². The number of benzene rings is 1. The molecule has 0 bridgehead atoms. The fourth-order valence-corrected chi connectivity index (χ4v) is 2.77.